The van der Waals surface area contributed by atoms with Crippen LogP contribution in [0.1, 0.15) is 59.3 Å². The number of hydrogen-bond donors (Lipinski definition) is 0. The molecule has 0 amide bonds. The quantitative estimate of drug-likeness (QED) is 0.420. The Morgan fingerprint density at radius 1 is 1.08 bits per heavy atom. The van der Waals surface area contributed by atoms with E-state index in [9.17, 15) is 0 Å². The Hall–Kier alpha value is 0.0900. The van der Waals surface area contributed by atoms with E-state index in [1.807, 2.05) is 0 Å². The third kappa shape index (κ3) is 6.78. The van der Waals surface area contributed by atoms with Gasteiger partial charge in [-0.25, -0.2) is 0 Å². The number of hydrogen-bond acceptors (Lipinski definition) is 1. The Kier molecular flexibility index (Phi) is 7.78. The molecule has 0 spiro atoms. The summed E-state index contributed by atoms with van der Waals surface area (Å²) in [5, 5.41) is 0. The summed E-state index contributed by atoms with van der Waals surface area (Å²) in [6.45, 7) is 6.63. The highest BCUT2D eigenvalue weighted by Gasteiger charge is 2.01. The van der Waals surface area contributed by atoms with Gasteiger partial charge in [0.2, 0.25) is 0 Å². The first-order valence-corrected chi connectivity index (χ1v) is 5.62. The third-order valence-electron chi connectivity index (χ3n) is 2.17. The highest BCUT2D eigenvalue weighted by molar-refractivity contribution is 7.80. The van der Waals surface area contributed by atoms with Crippen LogP contribution in [0.2, 0.25) is 0 Å². The highest BCUT2D eigenvalue weighted by Crippen LogP contribution is 2.09. The summed E-state index contributed by atoms with van der Waals surface area (Å²) >= 11 is 5.26. The van der Waals surface area contributed by atoms with Crippen molar-refractivity contribution in [3.05, 3.63) is 0 Å². The van der Waals surface area contributed by atoms with Gasteiger partial charge in [0, 0.05) is 0 Å². The van der Waals surface area contributed by atoms with Crippen LogP contribution in [-0.4, -0.2) is 4.86 Å². The Labute approximate surface area is 82.7 Å². The van der Waals surface area contributed by atoms with Crippen LogP contribution in [0.15, 0.2) is 0 Å². The molecular weight excluding hydrogens is 164 g/mol. The van der Waals surface area contributed by atoms with Gasteiger partial charge in [0.25, 0.3) is 0 Å². The summed E-state index contributed by atoms with van der Waals surface area (Å²) in [6.07, 6.45) is 7.93. The molecule has 0 saturated heterocycles. The summed E-state index contributed by atoms with van der Waals surface area (Å²) in [4.78, 5) is 1.26. The van der Waals surface area contributed by atoms with Gasteiger partial charge in [0.05, 0.1) is 0 Å². The highest BCUT2D eigenvalue weighted by atomic mass is 32.1. The third-order valence-corrected chi connectivity index (χ3v) is 2.85. The van der Waals surface area contributed by atoms with Gasteiger partial charge >= 0.3 is 0 Å². The fraction of sp³-hybridized carbons (Fsp3) is 0.909. The standard InChI is InChI=1S/C11H22S/c1-4-5-6-7-8-9-11(12)10(2)3/h10H,4-9H2,1-3H3. The van der Waals surface area contributed by atoms with Crippen LogP contribution in [0.3, 0.4) is 0 Å². The summed E-state index contributed by atoms with van der Waals surface area (Å²) in [6, 6.07) is 0. The minimum absolute atomic E-state index is 0.603. The molecule has 72 valence electrons. The molecule has 0 N–H and O–H groups in total. The van der Waals surface area contributed by atoms with Gasteiger partial charge in [-0.2, -0.15) is 0 Å². The fourth-order valence-electron chi connectivity index (χ4n) is 1.19. The zero-order valence-electron chi connectivity index (χ0n) is 8.73. The van der Waals surface area contributed by atoms with Crippen molar-refractivity contribution in [2.45, 2.75) is 59.3 Å². The summed E-state index contributed by atoms with van der Waals surface area (Å²) in [7, 11) is 0. The first-order chi connectivity index (χ1) is 5.68. The van der Waals surface area contributed by atoms with Gasteiger partial charge in [0.1, 0.15) is 0 Å². The predicted molar refractivity (Wildman–Crippen MR) is 60.8 cm³/mol. The van der Waals surface area contributed by atoms with Crippen molar-refractivity contribution in [1.82, 2.24) is 0 Å². The van der Waals surface area contributed by atoms with Crippen molar-refractivity contribution >= 4 is 17.1 Å². The van der Waals surface area contributed by atoms with Crippen molar-refractivity contribution in [3.63, 3.8) is 0 Å². The Morgan fingerprint density at radius 2 is 1.67 bits per heavy atom. The Bertz CT molecular complexity index is 116. The first-order valence-electron chi connectivity index (χ1n) is 5.21. The number of thiocarbonyl (C=S) groups is 1. The lowest BCUT2D eigenvalue weighted by Crippen LogP contribution is -2.03. The molecule has 0 aromatic heterocycles. The maximum absolute atomic E-state index is 5.26. The van der Waals surface area contributed by atoms with Crippen molar-refractivity contribution in [2.75, 3.05) is 0 Å². The average molecular weight is 186 g/mol. The van der Waals surface area contributed by atoms with Crippen molar-refractivity contribution < 1.29 is 0 Å². The molecule has 0 saturated carbocycles. The van der Waals surface area contributed by atoms with E-state index in [0.29, 0.717) is 5.92 Å². The van der Waals surface area contributed by atoms with E-state index in [1.54, 1.807) is 0 Å². The average Bonchev–Trinajstić information content (AvgIpc) is 2.03. The molecule has 0 unspecified atom stereocenters. The van der Waals surface area contributed by atoms with Gasteiger partial charge in [0.15, 0.2) is 0 Å². The SMILES string of the molecule is CCCCCCCC(=S)C(C)C. The van der Waals surface area contributed by atoms with E-state index in [0.717, 1.165) is 6.42 Å². The van der Waals surface area contributed by atoms with Crippen LogP contribution in [0.4, 0.5) is 0 Å². The van der Waals surface area contributed by atoms with E-state index in [2.05, 4.69) is 20.8 Å². The van der Waals surface area contributed by atoms with Gasteiger partial charge in [-0.3, -0.25) is 0 Å². The zero-order valence-corrected chi connectivity index (χ0v) is 9.54. The number of rotatable bonds is 7. The lowest BCUT2D eigenvalue weighted by Gasteiger charge is -2.06. The molecule has 0 nitrogen and oxygen atoms in total. The van der Waals surface area contributed by atoms with Gasteiger partial charge < -0.3 is 0 Å². The molecule has 0 aromatic rings. The fourth-order valence-corrected chi connectivity index (χ4v) is 1.34. The molecular formula is C11H22S. The molecule has 0 fully saturated rings. The van der Waals surface area contributed by atoms with Crippen molar-refractivity contribution in [2.24, 2.45) is 5.92 Å². The Morgan fingerprint density at radius 3 is 2.17 bits per heavy atom. The largest absolute Gasteiger partial charge is 0.0894 e. The van der Waals surface area contributed by atoms with Crippen molar-refractivity contribution in [3.8, 4) is 0 Å². The molecule has 12 heavy (non-hydrogen) atoms. The lowest BCUT2D eigenvalue weighted by molar-refractivity contribution is 0.639. The minimum atomic E-state index is 0.603. The van der Waals surface area contributed by atoms with Crippen LogP contribution in [0, 0.1) is 5.92 Å². The second-order valence-electron chi connectivity index (χ2n) is 3.79. The predicted octanol–water partition coefficient (Wildman–Crippen LogP) is 4.37. The molecule has 0 aromatic carbocycles. The van der Waals surface area contributed by atoms with E-state index in [-0.39, 0.29) is 0 Å². The molecule has 1 heteroatoms. The zero-order chi connectivity index (χ0) is 9.40. The second-order valence-corrected chi connectivity index (χ2v) is 4.31. The summed E-state index contributed by atoms with van der Waals surface area (Å²) < 4.78 is 0. The summed E-state index contributed by atoms with van der Waals surface area (Å²) in [5.41, 5.74) is 0. The molecule has 0 atom stereocenters. The molecule has 0 radical (unpaired) electrons. The van der Waals surface area contributed by atoms with Crippen molar-refractivity contribution in [1.29, 1.82) is 0 Å². The van der Waals surface area contributed by atoms with E-state index < -0.39 is 0 Å². The van der Waals surface area contributed by atoms with Gasteiger partial charge in [-0.05, 0) is 23.6 Å². The van der Waals surface area contributed by atoms with Crippen LogP contribution >= 0.6 is 12.2 Å². The lowest BCUT2D eigenvalue weighted by atomic mass is 10.0. The second kappa shape index (κ2) is 7.72. The maximum Gasteiger partial charge on any atom is -0.00461 e. The normalized spacial score (nSPS) is 10.7. The minimum Gasteiger partial charge on any atom is -0.0894 e. The topological polar surface area (TPSA) is 0 Å². The van der Waals surface area contributed by atoms with Crippen LogP contribution in [0.25, 0.3) is 0 Å². The van der Waals surface area contributed by atoms with Crippen LogP contribution < -0.4 is 0 Å². The molecule has 0 rings (SSSR count). The van der Waals surface area contributed by atoms with E-state index in [1.165, 1.54) is 37.0 Å². The van der Waals surface area contributed by atoms with E-state index >= 15 is 0 Å². The molecule has 0 aliphatic carbocycles. The first kappa shape index (κ1) is 12.1. The summed E-state index contributed by atoms with van der Waals surface area (Å²) in [5.74, 6) is 0.603. The maximum atomic E-state index is 5.26. The molecule has 0 heterocycles. The van der Waals surface area contributed by atoms with Crippen LogP contribution in [0.5, 0.6) is 0 Å². The molecule has 0 bridgehead atoms. The van der Waals surface area contributed by atoms with Crippen LogP contribution in [-0.2, 0) is 0 Å². The monoisotopic (exact) mass is 186 g/mol. The number of unbranched alkanes of at least 4 members (excludes halogenated alkanes) is 4. The molecule has 0 aliphatic heterocycles. The van der Waals surface area contributed by atoms with Gasteiger partial charge in [-0.1, -0.05) is 58.7 Å². The molecule has 0 aliphatic rings. The van der Waals surface area contributed by atoms with Gasteiger partial charge in [-0.15, -0.1) is 0 Å². The Balaban J connectivity index is 3.14. The smallest absolute Gasteiger partial charge is 0.00461 e. The van der Waals surface area contributed by atoms with E-state index in [4.69, 9.17) is 12.2 Å².